The summed E-state index contributed by atoms with van der Waals surface area (Å²) in [5, 5.41) is 0.492. The van der Waals surface area contributed by atoms with Crippen LogP contribution in [0.5, 0.6) is 0 Å². The van der Waals surface area contributed by atoms with Gasteiger partial charge in [-0.15, -0.1) is 0 Å². The third-order valence-corrected chi connectivity index (χ3v) is 7.59. The van der Waals surface area contributed by atoms with Crippen molar-refractivity contribution in [1.29, 1.82) is 0 Å². The number of nitrogens with zero attached hydrogens (tertiary/aromatic N) is 4. The van der Waals surface area contributed by atoms with Crippen molar-refractivity contribution in [3.63, 3.8) is 0 Å². The Hall–Kier alpha value is -3.91. The van der Waals surface area contributed by atoms with Crippen molar-refractivity contribution in [2.75, 3.05) is 0 Å². The van der Waals surface area contributed by atoms with Gasteiger partial charge in [0, 0.05) is 37.1 Å². The first kappa shape index (κ1) is 36.9. The molecule has 0 aliphatic heterocycles. The number of halogens is 6. The fourth-order valence-corrected chi connectivity index (χ4v) is 5.09. The van der Waals surface area contributed by atoms with Crippen molar-refractivity contribution in [2.45, 2.75) is 6.42 Å². The van der Waals surface area contributed by atoms with E-state index in [2.05, 4.69) is 51.8 Å². The third-order valence-electron chi connectivity index (χ3n) is 6.25. The zero-order valence-electron chi connectivity index (χ0n) is 23.8. The molecular formula is C32H16Br2Cl2F2N4O5Se. The summed E-state index contributed by atoms with van der Waals surface area (Å²) in [7, 11) is 0. The number of pyridine rings is 4. The summed E-state index contributed by atoms with van der Waals surface area (Å²) in [6, 6.07) is 17.3. The molecule has 6 rings (SSSR count). The molecule has 0 atom stereocenters. The van der Waals surface area contributed by atoms with Crippen molar-refractivity contribution in [1.82, 2.24) is 19.9 Å². The van der Waals surface area contributed by atoms with Gasteiger partial charge >= 0.3 is 22.5 Å². The maximum atomic E-state index is 13.7. The molecule has 6 aromatic rings. The summed E-state index contributed by atoms with van der Waals surface area (Å²) in [6.07, 6.45) is 3.27. The monoisotopic (exact) mass is 882 g/mol. The molecule has 9 nitrogen and oxygen atoms in total. The van der Waals surface area contributed by atoms with Gasteiger partial charge in [-0.05, 0) is 105 Å². The van der Waals surface area contributed by atoms with Crippen LogP contribution in [0.4, 0.5) is 8.78 Å². The number of Topliss-reactive ketones (excluding diaryl/α,β-unsaturated/α-hetero) is 3. The zero-order chi connectivity index (χ0) is 35.0. The number of carbonyl (C=O) groups is 3. The number of aromatic nitrogens is 4. The van der Waals surface area contributed by atoms with Crippen LogP contribution < -0.4 is 0 Å². The van der Waals surface area contributed by atoms with Gasteiger partial charge in [0.1, 0.15) is 17.3 Å². The molecule has 0 aliphatic carbocycles. The fraction of sp³-hybridized carbons (Fsp3) is 0.0312. The first-order valence-corrected chi connectivity index (χ1v) is 16.9. The number of fused-ring (bicyclic) bond motifs is 2. The molecule has 0 unspecified atom stereocenters. The van der Waals surface area contributed by atoms with Crippen LogP contribution in [0, 0.1) is 11.6 Å². The zero-order valence-corrected chi connectivity index (χ0v) is 30.2. The first-order chi connectivity index (χ1) is 22.9. The Balaban J connectivity index is 0.000000201. The standard InChI is InChI=1S/C16H7BrClFN2O2.C16H9BrClFN2O.O2Se/c17-8-5-14-12(20-7-8)3-4-13(21-14)16(23)15(22)10-6-9(18)1-2-11(10)19;17-9-5-15-14(20-8-9)4-2-11(21-15)7-16(22)12-6-10(18)1-3-13(12)19;1-3-2/h1-7H;1-6,8H,7H2;. The van der Waals surface area contributed by atoms with Crippen LogP contribution in [0.1, 0.15) is 36.9 Å². The van der Waals surface area contributed by atoms with E-state index < -0.39 is 38.0 Å². The van der Waals surface area contributed by atoms with E-state index in [1.54, 1.807) is 36.7 Å². The Bertz CT molecular complexity index is 2260. The van der Waals surface area contributed by atoms with E-state index >= 15 is 0 Å². The van der Waals surface area contributed by atoms with E-state index in [0.29, 0.717) is 31.7 Å². The number of rotatable bonds is 6. The normalized spacial score (nSPS) is 10.4. The Kier molecular flexibility index (Phi) is 13.0. The second-order valence-electron chi connectivity index (χ2n) is 9.46. The van der Waals surface area contributed by atoms with E-state index in [0.717, 1.165) is 22.1 Å². The van der Waals surface area contributed by atoms with E-state index in [9.17, 15) is 23.2 Å². The van der Waals surface area contributed by atoms with Crippen molar-refractivity contribution >= 4 is 109 Å². The molecule has 0 aliphatic rings. The number of carbonyl (C=O) groups excluding carboxylic acids is 3. The van der Waals surface area contributed by atoms with Gasteiger partial charge in [0.05, 0.1) is 39.6 Å². The molecule has 0 bridgehead atoms. The molecular weight excluding hydrogens is 868 g/mol. The van der Waals surface area contributed by atoms with Gasteiger partial charge < -0.3 is 0 Å². The number of hydrogen-bond donors (Lipinski definition) is 0. The molecule has 0 spiro atoms. The summed E-state index contributed by atoms with van der Waals surface area (Å²) >= 11 is 16.5. The van der Waals surface area contributed by atoms with Gasteiger partial charge in [0.15, 0.2) is 5.78 Å². The number of ketones is 3. The molecule has 16 heteroatoms. The maximum absolute atomic E-state index is 13.7. The van der Waals surface area contributed by atoms with Crippen LogP contribution in [0.25, 0.3) is 22.1 Å². The topological polar surface area (TPSA) is 137 Å². The number of hydrogen-bond acceptors (Lipinski definition) is 9. The average Bonchev–Trinajstić information content (AvgIpc) is 3.06. The van der Waals surface area contributed by atoms with Crippen molar-refractivity contribution in [2.24, 2.45) is 0 Å². The van der Waals surface area contributed by atoms with Gasteiger partial charge in [-0.3, -0.25) is 29.3 Å². The summed E-state index contributed by atoms with van der Waals surface area (Å²) in [5.41, 5.74) is 2.49. The molecule has 0 N–H and O–H groups in total. The van der Waals surface area contributed by atoms with Crippen LogP contribution in [-0.2, 0) is 14.1 Å². The van der Waals surface area contributed by atoms with Crippen LogP contribution >= 0.6 is 55.1 Å². The predicted octanol–water partition coefficient (Wildman–Crippen LogP) is 8.24. The van der Waals surface area contributed by atoms with Crippen molar-refractivity contribution in [3.05, 3.63) is 138 Å². The van der Waals surface area contributed by atoms with E-state index in [-0.39, 0.29) is 34.0 Å². The Morgan fingerprint density at radius 3 is 1.73 bits per heavy atom. The molecule has 2 aromatic carbocycles. The third kappa shape index (κ3) is 9.59. The van der Waals surface area contributed by atoms with E-state index in [1.165, 1.54) is 30.3 Å². The second kappa shape index (κ2) is 17.0. The van der Waals surface area contributed by atoms with E-state index in [4.69, 9.17) is 30.9 Å². The molecule has 48 heavy (non-hydrogen) atoms. The van der Waals surface area contributed by atoms with Crippen molar-refractivity contribution < 1.29 is 30.8 Å². The van der Waals surface area contributed by atoms with Gasteiger partial charge in [0.2, 0.25) is 5.78 Å². The van der Waals surface area contributed by atoms with Gasteiger partial charge in [-0.2, -0.15) is 0 Å². The summed E-state index contributed by atoms with van der Waals surface area (Å²) < 4.78 is 45.8. The first-order valence-electron chi connectivity index (χ1n) is 13.2. The molecule has 0 fully saturated rings. The summed E-state index contributed by atoms with van der Waals surface area (Å²) in [6.45, 7) is 0. The Morgan fingerprint density at radius 1 is 0.646 bits per heavy atom. The fourth-order valence-electron chi connectivity index (χ4n) is 4.11. The second-order valence-corrected chi connectivity index (χ2v) is 12.4. The van der Waals surface area contributed by atoms with Crippen LogP contribution in [0.3, 0.4) is 0 Å². The molecule has 0 saturated carbocycles. The summed E-state index contributed by atoms with van der Waals surface area (Å²) in [4.78, 5) is 53.6. The van der Waals surface area contributed by atoms with E-state index in [1.807, 2.05) is 6.07 Å². The van der Waals surface area contributed by atoms with Crippen molar-refractivity contribution in [3.8, 4) is 0 Å². The number of benzene rings is 2. The van der Waals surface area contributed by atoms with Gasteiger partial charge in [0.25, 0.3) is 5.78 Å². The molecule has 0 saturated heterocycles. The molecule has 242 valence electrons. The van der Waals surface area contributed by atoms with Crippen LogP contribution in [0.15, 0.2) is 94.1 Å². The predicted molar refractivity (Wildman–Crippen MR) is 181 cm³/mol. The SMILES string of the molecule is O=C(C(=O)c1cc(Cl)ccc1F)c1ccc2ncc(Br)cc2n1.O=C(Cc1ccc2ncc(Br)cc2n1)c1cc(Cl)ccc1F.O=[Se]=O. The Morgan fingerprint density at radius 2 is 1.15 bits per heavy atom. The molecule has 4 aromatic heterocycles. The Labute approximate surface area is 302 Å². The molecule has 4 heterocycles. The van der Waals surface area contributed by atoms with Crippen LogP contribution in [-0.4, -0.2) is 52.1 Å². The van der Waals surface area contributed by atoms with Crippen LogP contribution in [0.2, 0.25) is 10.0 Å². The molecule has 0 radical (unpaired) electrons. The quantitative estimate of drug-likeness (QED) is 0.0921. The minimum atomic E-state index is -1.62. The average molecular weight is 884 g/mol. The molecule has 0 amide bonds. The minimum absolute atomic E-state index is 0.000282. The summed E-state index contributed by atoms with van der Waals surface area (Å²) in [5.74, 6) is -3.67. The van der Waals surface area contributed by atoms with Gasteiger partial charge in [-0.25, -0.2) is 13.8 Å². The van der Waals surface area contributed by atoms with Gasteiger partial charge in [-0.1, -0.05) is 23.2 Å².